The molecule has 6 heteroatoms. The number of rotatable bonds is 5. The van der Waals surface area contributed by atoms with Crippen molar-refractivity contribution in [1.29, 1.82) is 0 Å². The summed E-state index contributed by atoms with van der Waals surface area (Å²) in [6, 6.07) is 7.11. The van der Waals surface area contributed by atoms with E-state index in [1.807, 2.05) is 19.9 Å². The van der Waals surface area contributed by atoms with E-state index in [2.05, 4.69) is 5.16 Å². The quantitative estimate of drug-likeness (QED) is 0.375. The molecule has 0 heterocycles. The zero-order valence-electron chi connectivity index (χ0n) is 11.0. The average molecular weight is 284 g/mol. The zero-order chi connectivity index (χ0) is 14.4. The maximum Gasteiger partial charge on any atom is 0.227 e. The van der Waals surface area contributed by atoms with E-state index in [0.717, 1.165) is 5.56 Å². The molecule has 0 radical (unpaired) electrons. The van der Waals surface area contributed by atoms with Crippen LogP contribution in [0.4, 0.5) is 0 Å². The van der Waals surface area contributed by atoms with E-state index in [1.54, 1.807) is 23.1 Å². The Morgan fingerprint density at radius 1 is 1.53 bits per heavy atom. The average Bonchev–Trinajstić information content (AvgIpc) is 2.35. The number of nitrogens with two attached hydrogens (primary N) is 1. The van der Waals surface area contributed by atoms with Crippen LogP contribution in [0.2, 0.25) is 5.02 Å². The third-order valence-corrected chi connectivity index (χ3v) is 2.88. The van der Waals surface area contributed by atoms with Crippen molar-refractivity contribution in [3.8, 4) is 0 Å². The molecule has 0 atom stereocenters. The van der Waals surface area contributed by atoms with Gasteiger partial charge in [0, 0.05) is 11.1 Å². The number of hydrogen-bond acceptors (Lipinski definition) is 3. The molecule has 0 unspecified atom stereocenters. The fraction of sp³-hybridized carbons (Fsp3) is 0.385. The molecule has 0 aliphatic carbocycles. The summed E-state index contributed by atoms with van der Waals surface area (Å²) in [6.07, 6.45) is 0.234. The standard InChI is InChI=1S/C13H18ClN3O2/c1-9(2)17(8-12(15)16-19)13(18)7-10-4-3-5-11(14)6-10/h3-6,9,19H,7-8H2,1-2H3,(H2,15,16). The van der Waals surface area contributed by atoms with Gasteiger partial charge >= 0.3 is 0 Å². The Hall–Kier alpha value is -1.75. The Morgan fingerprint density at radius 2 is 2.21 bits per heavy atom. The van der Waals surface area contributed by atoms with Crippen LogP contribution in [0.5, 0.6) is 0 Å². The molecule has 0 saturated carbocycles. The predicted molar refractivity (Wildman–Crippen MR) is 75.4 cm³/mol. The van der Waals surface area contributed by atoms with E-state index in [0.29, 0.717) is 5.02 Å². The summed E-state index contributed by atoms with van der Waals surface area (Å²) in [4.78, 5) is 13.8. The molecule has 0 fully saturated rings. The number of halogens is 1. The van der Waals surface area contributed by atoms with E-state index in [1.165, 1.54) is 0 Å². The van der Waals surface area contributed by atoms with Gasteiger partial charge < -0.3 is 15.8 Å². The lowest BCUT2D eigenvalue weighted by atomic mass is 10.1. The molecule has 19 heavy (non-hydrogen) atoms. The van der Waals surface area contributed by atoms with Gasteiger partial charge in [-0.1, -0.05) is 28.9 Å². The molecule has 1 rings (SSSR count). The molecule has 0 bridgehead atoms. The van der Waals surface area contributed by atoms with E-state index in [4.69, 9.17) is 22.5 Å². The maximum absolute atomic E-state index is 12.2. The number of oxime groups is 1. The second kappa shape index (κ2) is 6.99. The molecular weight excluding hydrogens is 266 g/mol. The summed E-state index contributed by atoms with van der Waals surface area (Å²) in [5.74, 6) is -0.0861. The van der Waals surface area contributed by atoms with E-state index in [-0.39, 0.29) is 30.8 Å². The first-order valence-electron chi connectivity index (χ1n) is 5.94. The van der Waals surface area contributed by atoms with Crippen LogP contribution in [0.25, 0.3) is 0 Å². The first kappa shape index (κ1) is 15.3. The molecule has 0 saturated heterocycles. The topological polar surface area (TPSA) is 78.9 Å². The summed E-state index contributed by atoms with van der Waals surface area (Å²) in [5, 5.41) is 12.1. The van der Waals surface area contributed by atoms with Gasteiger partial charge in [0.15, 0.2) is 5.84 Å². The number of amides is 1. The van der Waals surface area contributed by atoms with Gasteiger partial charge in [-0.3, -0.25) is 4.79 Å². The maximum atomic E-state index is 12.2. The summed E-state index contributed by atoms with van der Waals surface area (Å²) >= 11 is 5.88. The van der Waals surface area contributed by atoms with Crippen molar-refractivity contribution in [3.63, 3.8) is 0 Å². The fourth-order valence-corrected chi connectivity index (χ4v) is 1.90. The van der Waals surface area contributed by atoms with Crippen molar-refractivity contribution in [3.05, 3.63) is 34.9 Å². The van der Waals surface area contributed by atoms with Gasteiger partial charge in [0.1, 0.15) is 0 Å². The molecule has 0 aromatic heterocycles. The smallest absolute Gasteiger partial charge is 0.227 e. The van der Waals surface area contributed by atoms with Crippen LogP contribution in [0.3, 0.4) is 0 Å². The monoisotopic (exact) mass is 283 g/mol. The van der Waals surface area contributed by atoms with Crippen LogP contribution < -0.4 is 5.73 Å². The fourth-order valence-electron chi connectivity index (χ4n) is 1.69. The SMILES string of the molecule is CC(C)N(CC(N)=NO)C(=O)Cc1cccc(Cl)c1. The van der Waals surface area contributed by atoms with Gasteiger partial charge in [0.05, 0.1) is 13.0 Å². The lowest BCUT2D eigenvalue weighted by Crippen LogP contribution is -2.43. The van der Waals surface area contributed by atoms with Crippen molar-refractivity contribution in [2.24, 2.45) is 10.9 Å². The van der Waals surface area contributed by atoms with E-state index in [9.17, 15) is 4.79 Å². The number of benzene rings is 1. The second-order valence-electron chi connectivity index (χ2n) is 4.51. The lowest BCUT2D eigenvalue weighted by Gasteiger charge is -2.26. The molecule has 1 aromatic carbocycles. The van der Waals surface area contributed by atoms with Gasteiger partial charge in [0.2, 0.25) is 5.91 Å². The molecule has 104 valence electrons. The second-order valence-corrected chi connectivity index (χ2v) is 4.95. The Balaban J connectivity index is 2.78. The van der Waals surface area contributed by atoms with Gasteiger partial charge in [-0.2, -0.15) is 0 Å². The van der Waals surface area contributed by atoms with E-state index >= 15 is 0 Å². The van der Waals surface area contributed by atoms with E-state index < -0.39 is 0 Å². The largest absolute Gasteiger partial charge is 0.409 e. The van der Waals surface area contributed by atoms with Crippen LogP contribution in [-0.4, -0.2) is 34.4 Å². The van der Waals surface area contributed by atoms with Crippen molar-refractivity contribution in [1.82, 2.24) is 4.90 Å². The Kier molecular flexibility index (Phi) is 5.63. The Morgan fingerprint density at radius 3 is 2.74 bits per heavy atom. The van der Waals surface area contributed by atoms with Gasteiger partial charge in [0.25, 0.3) is 0 Å². The summed E-state index contributed by atoms with van der Waals surface area (Å²) < 4.78 is 0. The van der Waals surface area contributed by atoms with Crippen LogP contribution in [0.15, 0.2) is 29.4 Å². The number of hydrogen-bond donors (Lipinski definition) is 2. The number of carbonyl (C=O) groups excluding carboxylic acids is 1. The highest BCUT2D eigenvalue weighted by molar-refractivity contribution is 6.30. The minimum atomic E-state index is -0.0936. The number of amidine groups is 1. The predicted octanol–water partition coefficient (Wildman–Crippen LogP) is 1.87. The summed E-state index contributed by atoms with van der Waals surface area (Å²) in [7, 11) is 0. The van der Waals surface area contributed by atoms with Gasteiger partial charge in [-0.05, 0) is 31.5 Å². The molecule has 0 spiro atoms. The van der Waals surface area contributed by atoms with Crippen molar-refractivity contribution in [2.45, 2.75) is 26.3 Å². The van der Waals surface area contributed by atoms with Gasteiger partial charge in [-0.25, -0.2) is 0 Å². The Bertz CT molecular complexity index is 475. The number of nitrogens with zero attached hydrogens (tertiary/aromatic N) is 2. The third-order valence-electron chi connectivity index (χ3n) is 2.65. The minimum absolute atomic E-state index is 0.00754. The number of carbonyl (C=O) groups is 1. The van der Waals surface area contributed by atoms with Crippen molar-refractivity contribution in [2.75, 3.05) is 6.54 Å². The van der Waals surface area contributed by atoms with Crippen molar-refractivity contribution >= 4 is 23.3 Å². The highest BCUT2D eigenvalue weighted by Gasteiger charge is 2.18. The molecule has 1 amide bonds. The minimum Gasteiger partial charge on any atom is -0.409 e. The van der Waals surface area contributed by atoms with Crippen LogP contribution in [-0.2, 0) is 11.2 Å². The summed E-state index contributed by atoms with van der Waals surface area (Å²) in [6.45, 7) is 3.86. The first-order chi connectivity index (χ1) is 8.93. The molecule has 5 nitrogen and oxygen atoms in total. The highest BCUT2D eigenvalue weighted by Crippen LogP contribution is 2.12. The summed E-state index contributed by atoms with van der Waals surface area (Å²) in [5.41, 5.74) is 6.29. The zero-order valence-corrected chi connectivity index (χ0v) is 11.8. The molecule has 0 aliphatic heterocycles. The Labute approximate surface area is 117 Å². The van der Waals surface area contributed by atoms with Crippen molar-refractivity contribution < 1.29 is 10.0 Å². The van der Waals surface area contributed by atoms with Crippen LogP contribution in [0.1, 0.15) is 19.4 Å². The molecule has 3 N–H and O–H groups in total. The van der Waals surface area contributed by atoms with Crippen LogP contribution in [0, 0.1) is 0 Å². The molecule has 1 aromatic rings. The van der Waals surface area contributed by atoms with Gasteiger partial charge in [-0.15, -0.1) is 0 Å². The van der Waals surface area contributed by atoms with Crippen LogP contribution >= 0.6 is 11.6 Å². The molecular formula is C13H18ClN3O2. The lowest BCUT2D eigenvalue weighted by molar-refractivity contribution is -0.131. The third kappa shape index (κ3) is 4.79. The molecule has 0 aliphatic rings. The highest BCUT2D eigenvalue weighted by atomic mass is 35.5. The normalized spacial score (nSPS) is 11.7. The first-order valence-corrected chi connectivity index (χ1v) is 6.32.